The van der Waals surface area contributed by atoms with E-state index >= 15 is 0 Å². The minimum atomic E-state index is -0.348. The molecule has 0 bridgehead atoms. The number of hydrazone groups is 1. The highest BCUT2D eigenvalue weighted by Crippen LogP contribution is 1.97. The molecule has 2 aromatic heterocycles. The lowest BCUT2D eigenvalue weighted by atomic mass is 10.3. The zero-order valence-corrected chi connectivity index (χ0v) is 9.21. The molecule has 0 atom stereocenters. The molecule has 1 amide bonds. The average molecular weight is 229 g/mol. The van der Waals surface area contributed by atoms with E-state index in [0.29, 0.717) is 5.69 Å². The van der Waals surface area contributed by atoms with Crippen molar-refractivity contribution in [1.82, 2.24) is 20.6 Å². The summed E-state index contributed by atoms with van der Waals surface area (Å²) in [6.45, 7) is 1.82. The first-order chi connectivity index (χ1) is 8.25. The zero-order valence-electron chi connectivity index (χ0n) is 9.21. The topological polar surface area (TPSA) is 83.0 Å². The number of aromatic amines is 1. The third-order valence-electron chi connectivity index (χ3n) is 2.02. The van der Waals surface area contributed by atoms with Gasteiger partial charge in [0.25, 0.3) is 5.91 Å². The van der Waals surface area contributed by atoms with Crippen molar-refractivity contribution in [2.24, 2.45) is 5.10 Å². The lowest BCUT2D eigenvalue weighted by Crippen LogP contribution is -2.17. The normalized spacial score (nSPS) is 10.6. The van der Waals surface area contributed by atoms with Crippen molar-refractivity contribution in [2.75, 3.05) is 0 Å². The monoisotopic (exact) mass is 229 g/mol. The molecule has 6 heteroatoms. The Morgan fingerprint density at radius 3 is 2.88 bits per heavy atom. The molecule has 0 aliphatic carbocycles. The van der Waals surface area contributed by atoms with Crippen LogP contribution >= 0.6 is 0 Å². The Bertz CT molecular complexity index is 532. The van der Waals surface area contributed by atoms with Gasteiger partial charge in [-0.25, -0.2) is 5.43 Å². The minimum Gasteiger partial charge on any atom is -0.282 e. The van der Waals surface area contributed by atoms with Gasteiger partial charge in [0.1, 0.15) is 0 Å². The number of pyridine rings is 1. The van der Waals surface area contributed by atoms with Gasteiger partial charge >= 0.3 is 0 Å². The van der Waals surface area contributed by atoms with Crippen molar-refractivity contribution in [3.05, 3.63) is 47.5 Å². The summed E-state index contributed by atoms with van der Waals surface area (Å²) in [5, 5.41) is 10.3. The summed E-state index contributed by atoms with van der Waals surface area (Å²) in [5.41, 5.74) is 4.39. The molecule has 0 saturated carbocycles. The van der Waals surface area contributed by atoms with E-state index in [0.717, 1.165) is 11.3 Å². The van der Waals surface area contributed by atoms with Gasteiger partial charge in [0.05, 0.1) is 6.21 Å². The molecule has 2 heterocycles. The number of nitrogens with one attached hydrogen (secondary N) is 2. The van der Waals surface area contributed by atoms with Crippen LogP contribution in [0, 0.1) is 6.92 Å². The number of hydrogen-bond acceptors (Lipinski definition) is 4. The standard InChI is InChI=1S/C11H11N5O/c1-8-6-10(15-14-8)11(17)16-13-7-9-2-4-12-5-3-9/h2-7H,1H3,(H,14,15)(H,16,17)/b13-7-. The van der Waals surface area contributed by atoms with Crippen molar-refractivity contribution in [1.29, 1.82) is 0 Å². The van der Waals surface area contributed by atoms with Crippen LogP contribution in [0.3, 0.4) is 0 Å². The van der Waals surface area contributed by atoms with E-state index in [9.17, 15) is 4.79 Å². The highest BCUT2D eigenvalue weighted by atomic mass is 16.2. The number of aryl methyl sites for hydroxylation is 1. The number of rotatable bonds is 3. The van der Waals surface area contributed by atoms with Gasteiger partial charge in [-0.15, -0.1) is 0 Å². The lowest BCUT2D eigenvalue weighted by Gasteiger charge is -1.94. The Kier molecular flexibility index (Phi) is 3.25. The first kappa shape index (κ1) is 11.0. The van der Waals surface area contributed by atoms with E-state index in [2.05, 4.69) is 25.7 Å². The first-order valence-corrected chi connectivity index (χ1v) is 5.01. The van der Waals surface area contributed by atoms with E-state index in [-0.39, 0.29) is 5.91 Å². The summed E-state index contributed by atoms with van der Waals surface area (Å²) >= 11 is 0. The van der Waals surface area contributed by atoms with Gasteiger partial charge in [0.15, 0.2) is 5.69 Å². The zero-order chi connectivity index (χ0) is 12.1. The molecule has 86 valence electrons. The number of aromatic nitrogens is 3. The van der Waals surface area contributed by atoms with Crippen LogP contribution < -0.4 is 5.43 Å². The largest absolute Gasteiger partial charge is 0.291 e. The molecule has 0 radical (unpaired) electrons. The van der Waals surface area contributed by atoms with Gasteiger partial charge in [-0.05, 0) is 30.7 Å². The van der Waals surface area contributed by atoms with Crippen molar-refractivity contribution in [2.45, 2.75) is 6.92 Å². The van der Waals surface area contributed by atoms with Gasteiger partial charge < -0.3 is 0 Å². The summed E-state index contributed by atoms with van der Waals surface area (Å²) in [4.78, 5) is 15.4. The Hall–Kier alpha value is -2.50. The van der Waals surface area contributed by atoms with Gasteiger partial charge in [0, 0.05) is 18.1 Å². The fraction of sp³-hybridized carbons (Fsp3) is 0.0909. The van der Waals surface area contributed by atoms with Gasteiger partial charge in [-0.1, -0.05) is 0 Å². The maximum atomic E-state index is 11.5. The summed E-state index contributed by atoms with van der Waals surface area (Å²) in [7, 11) is 0. The quantitative estimate of drug-likeness (QED) is 0.605. The van der Waals surface area contributed by atoms with Gasteiger partial charge in [-0.2, -0.15) is 10.2 Å². The third-order valence-corrected chi connectivity index (χ3v) is 2.02. The van der Waals surface area contributed by atoms with E-state index < -0.39 is 0 Å². The second kappa shape index (κ2) is 5.02. The van der Waals surface area contributed by atoms with Crippen LogP contribution in [0.5, 0.6) is 0 Å². The molecule has 0 aliphatic heterocycles. The van der Waals surface area contributed by atoms with Crippen LogP contribution in [0.15, 0.2) is 35.7 Å². The fourth-order valence-electron chi connectivity index (χ4n) is 1.21. The van der Waals surface area contributed by atoms with E-state index in [1.807, 2.05) is 6.92 Å². The molecule has 0 aliphatic rings. The van der Waals surface area contributed by atoms with Crippen molar-refractivity contribution >= 4 is 12.1 Å². The van der Waals surface area contributed by atoms with Gasteiger partial charge in [-0.3, -0.25) is 14.9 Å². The SMILES string of the molecule is Cc1cc(C(=O)N/N=C\c2ccncc2)n[nH]1. The van der Waals surface area contributed by atoms with Crippen LogP contribution in [0.2, 0.25) is 0 Å². The predicted octanol–water partition coefficient (Wildman–Crippen LogP) is 0.877. The highest BCUT2D eigenvalue weighted by molar-refractivity contribution is 5.93. The molecule has 6 nitrogen and oxygen atoms in total. The maximum Gasteiger partial charge on any atom is 0.291 e. The number of carbonyl (C=O) groups is 1. The third kappa shape index (κ3) is 2.97. The minimum absolute atomic E-state index is 0.314. The number of H-pyrrole nitrogens is 1. The van der Waals surface area contributed by atoms with Crippen LogP contribution in [0.1, 0.15) is 21.7 Å². The summed E-state index contributed by atoms with van der Waals surface area (Å²) in [6.07, 6.45) is 4.85. The molecule has 0 fully saturated rings. The molecule has 0 saturated heterocycles. The smallest absolute Gasteiger partial charge is 0.282 e. The Morgan fingerprint density at radius 2 is 2.24 bits per heavy atom. The molecule has 2 N–H and O–H groups in total. The van der Waals surface area contributed by atoms with Crippen LogP contribution in [0.4, 0.5) is 0 Å². The molecular formula is C11H11N5O. The summed E-state index contributed by atoms with van der Waals surface area (Å²) in [5.74, 6) is -0.348. The van der Waals surface area contributed by atoms with Crippen molar-refractivity contribution in [3.8, 4) is 0 Å². The van der Waals surface area contributed by atoms with E-state index in [4.69, 9.17) is 0 Å². The van der Waals surface area contributed by atoms with Crippen LogP contribution in [0.25, 0.3) is 0 Å². The molecule has 0 spiro atoms. The Balaban J connectivity index is 1.95. The molecule has 0 aromatic carbocycles. The van der Waals surface area contributed by atoms with Crippen molar-refractivity contribution < 1.29 is 4.79 Å². The fourth-order valence-corrected chi connectivity index (χ4v) is 1.21. The number of hydrogen-bond donors (Lipinski definition) is 2. The molecule has 0 unspecified atom stereocenters. The lowest BCUT2D eigenvalue weighted by molar-refractivity contribution is 0.0950. The summed E-state index contributed by atoms with van der Waals surface area (Å²) in [6, 6.07) is 5.22. The van der Waals surface area contributed by atoms with Crippen LogP contribution in [-0.2, 0) is 0 Å². The molecule has 2 rings (SSSR count). The van der Waals surface area contributed by atoms with Gasteiger partial charge in [0.2, 0.25) is 0 Å². The molecular weight excluding hydrogens is 218 g/mol. The number of amides is 1. The van der Waals surface area contributed by atoms with Crippen molar-refractivity contribution in [3.63, 3.8) is 0 Å². The maximum absolute atomic E-state index is 11.5. The number of nitrogens with zero attached hydrogens (tertiary/aromatic N) is 3. The second-order valence-corrected chi connectivity index (χ2v) is 3.42. The molecule has 17 heavy (non-hydrogen) atoms. The number of carbonyl (C=O) groups excluding carboxylic acids is 1. The first-order valence-electron chi connectivity index (χ1n) is 5.01. The average Bonchev–Trinajstić information content (AvgIpc) is 2.77. The van der Waals surface area contributed by atoms with E-state index in [1.54, 1.807) is 36.8 Å². The second-order valence-electron chi connectivity index (χ2n) is 3.42. The molecule has 2 aromatic rings. The predicted molar refractivity (Wildman–Crippen MR) is 62.6 cm³/mol. The highest BCUT2D eigenvalue weighted by Gasteiger charge is 2.06. The van der Waals surface area contributed by atoms with E-state index in [1.165, 1.54) is 0 Å². The summed E-state index contributed by atoms with van der Waals surface area (Å²) < 4.78 is 0. The van der Waals surface area contributed by atoms with Crippen LogP contribution in [-0.4, -0.2) is 27.3 Å². The Labute approximate surface area is 97.8 Å². The Morgan fingerprint density at radius 1 is 1.47 bits per heavy atom.